The minimum Gasteiger partial charge on any atom is -0.345 e. The lowest BCUT2D eigenvalue weighted by Gasteiger charge is -2.23. The molecular formula is C13H12BrF3N2O2. The van der Waals surface area contributed by atoms with E-state index in [4.69, 9.17) is 0 Å². The third-order valence-corrected chi connectivity index (χ3v) is 3.56. The van der Waals surface area contributed by atoms with Crippen molar-refractivity contribution >= 4 is 33.4 Å². The van der Waals surface area contributed by atoms with Gasteiger partial charge >= 0.3 is 6.18 Å². The molecule has 4 nitrogen and oxygen atoms in total. The fourth-order valence-corrected chi connectivity index (χ4v) is 2.56. The zero-order valence-corrected chi connectivity index (χ0v) is 12.6. The van der Waals surface area contributed by atoms with Gasteiger partial charge in [0.2, 0.25) is 11.8 Å². The van der Waals surface area contributed by atoms with Crippen LogP contribution in [0.4, 0.5) is 18.9 Å². The van der Waals surface area contributed by atoms with Gasteiger partial charge in [0.1, 0.15) is 6.04 Å². The van der Waals surface area contributed by atoms with E-state index in [0.29, 0.717) is 0 Å². The summed E-state index contributed by atoms with van der Waals surface area (Å²) >= 11 is 3.02. The normalized spacial score (nSPS) is 20.2. The topological polar surface area (TPSA) is 49.4 Å². The lowest BCUT2D eigenvalue weighted by atomic mass is 10.1. The molecule has 1 unspecified atom stereocenters. The summed E-state index contributed by atoms with van der Waals surface area (Å²) in [6.45, 7) is 1.55. The van der Waals surface area contributed by atoms with Gasteiger partial charge < -0.3 is 10.2 Å². The van der Waals surface area contributed by atoms with Gasteiger partial charge in [-0.3, -0.25) is 9.59 Å². The van der Waals surface area contributed by atoms with E-state index in [-0.39, 0.29) is 29.0 Å². The number of nitrogens with zero attached hydrogens (tertiary/aromatic N) is 1. The van der Waals surface area contributed by atoms with E-state index in [1.165, 1.54) is 17.9 Å². The molecule has 0 radical (unpaired) electrons. The zero-order valence-electron chi connectivity index (χ0n) is 11.0. The van der Waals surface area contributed by atoms with E-state index >= 15 is 0 Å². The Morgan fingerprint density at radius 2 is 1.95 bits per heavy atom. The number of anilines is 1. The molecule has 0 aliphatic carbocycles. The number of hydrogen-bond acceptors (Lipinski definition) is 2. The molecule has 1 aromatic rings. The van der Waals surface area contributed by atoms with Crippen LogP contribution in [0.3, 0.4) is 0 Å². The van der Waals surface area contributed by atoms with Crippen LogP contribution in [-0.4, -0.2) is 24.4 Å². The van der Waals surface area contributed by atoms with E-state index in [2.05, 4.69) is 21.2 Å². The van der Waals surface area contributed by atoms with Crippen molar-refractivity contribution in [2.24, 2.45) is 0 Å². The Balaban J connectivity index is 2.42. The summed E-state index contributed by atoms with van der Waals surface area (Å²) in [5, 5.41) is 2.49. The Labute approximate surface area is 127 Å². The van der Waals surface area contributed by atoms with Crippen molar-refractivity contribution in [3.63, 3.8) is 0 Å². The SMILES string of the molecule is CC1NC(=O)CCN(c2cc(Br)cc(C(F)(F)F)c2)C1=O. The van der Waals surface area contributed by atoms with Gasteiger partial charge in [-0.15, -0.1) is 0 Å². The van der Waals surface area contributed by atoms with Crippen LogP contribution >= 0.6 is 15.9 Å². The van der Waals surface area contributed by atoms with Crippen molar-refractivity contribution in [3.05, 3.63) is 28.2 Å². The van der Waals surface area contributed by atoms with Crippen LogP contribution in [0.15, 0.2) is 22.7 Å². The predicted molar refractivity (Wildman–Crippen MR) is 73.7 cm³/mol. The molecule has 0 aromatic heterocycles. The summed E-state index contributed by atoms with van der Waals surface area (Å²) in [6.07, 6.45) is -4.46. The highest BCUT2D eigenvalue weighted by atomic mass is 79.9. The van der Waals surface area contributed by atoms with Crippen LogP contribution in [0, 0.1) is 0 Å². The van der Waals surface area contributed by atoms with Crippen molar-refractivity contribution in [1.29, 1.82) is 0 Å². The van der Waals surface area contributed by atoms with Crippen LogP contribution in [0.2, 0.25) is 0 Å². The molecule has 21 heavy (non-hydrogen) atoms. The van der Waals surface area contributed by atoms with Gasteiger partial charge in [0.15, 0.2) is 0 Å². The first-order valence-electron chi connectivity index (χ1n) is 6.17. The first-order chi connectivity index (χ1) is 9.68. The molecule has 1 aliphatic rings. The standard InChI is InChI=1S/C13H12BrF3N2O2/c1-7-12(21)19(3-2-11(20)18-7)10-5-8(13(15,16)17)4-9(14)6-10/h4-7H,2-3H2,1H3,(H,18,20). The minimum atomic E-state index is -4.51. The quantitative estimate of drug-likeness (QED) is 0.832. The molecule has 1 heterocycles. The smallest absolute Gasteiger partial charge is 0.345 e. The highest BCUT2D eigenvalue weighted by Gasteiger charge is 2.33. The summed E-state index contributed by atoms with van der Waals surface area (Å²) in [4.78, 5) is 24.8. The van der Waals surface area contributed by atoms with Gasteiger partial charge in [-0.2, -0.15) is 13.2 Å². The summed E-state index contributed by atoms with van der Waals surface area (Å²) in [5.41, 5.74) is -0.735. The second-order valence-corrected chi connectivity index (χ2v) is 5.64. The lowest BCUT2D eigenvalue weighted by molar-refractivity contribution is -0.137. The maximum Gasteiger partial charge on any atom is 0.416 e. The van der Waals surface area contributed by atoms with Gasteiger partial charge in [0, 0.05) is 23.1 Å². The molecule has 1 saturated heterocycles. The average molecular weight is 365 g/mol. The predicted octanol–water partition coefficient (Wildman–Crippen LogP) is 2.71. The first kappa shape index (κ1) is 15.8. The molecule has 1 N–H and O–H groups in total. The highest BCUT2D eigenvalue weighted by molar-refractivity contribution is 9.10. The van der Waals surface area contributed by atoms with Gasteiger partial charge in [0.05, 0.1) is 5.56 Å². The molecular weight excluding hydrogens is 353 g/mol. The van der Waals surface area contributed by atoms with Crippen molar-refractivity contribution in [2.75, 3.05) is 11.4 Å². The molecule has 2 amide bonds. The van der Waals surface area contributed by atoms with Gasteiger partial charge in [-0.05, 0) is 25.1 Å². The molecule has 1 fully saturated rings. The van der Waals surface area contributed by atoms with Gasteiger partial charge in [0.25, 0.3) is 0 Å². The summed E-state index contributed by atoms with van der Waals surface area (Å²) in [6, 6.07) is 2.51. The highest BCUT2D eigenvalue weighted by Crippen LogP contribution is 2.34. The van der Waals surface area contributed by atoms with Crippen molar-refractivity contribution < 1.29 is 22.8 Å². The third-order valence-electron chi connectivity index (χ3n) is 3.10. The van der Waals surface area contributed by atoms with Gasteiger partial charge in [-0.25, -0.2) is 0 Å². The molecule has 114 valence electrons. The minimum absolute atomic E-state index is 0.0444. The average Bonchev–Trinajstić information content (AvgIpc) is 2.48. The monoisotopic (exact) mass is 364 g/mol. The van der Waals surface area contributed by atoms with Crippen LogP contribution in [0.1, 0.15) is 18.9 Å². The number of benzene rings is 1. The number of carbonyl (C=O) groups is 2. The molecule has 0 bridgehead atoms. The Hall–Kier alpha value is -1.57. The van der Waals surface area contributed by atoms with Crippen LogP contribution < -0.4 is 10.2 Å². The maximum absolute atomic E-state index is 12.8. The number of alkyl halides is 3. The third kappa shape index (κ3) is 3.55. The van der Waals surface area contributed by atoms with Crippen LogP contribution in [0.5, 0.6) is 0 Å². The maximum atomic E-state index is 12.8. The van der Waals surface area contributed by atoms with Crippen molar-refractivity contribution in [3.8, 4) is 0 Å². The van der Waals surface area contributed by atoms with E-state index in [9.17, 15) is 22.8 Å². The van der Waals surface area contributed by atoms with Crippen LogP contribution in [0.25, 0.3) is 0 Å². The Morgan fingerprint density at radius 1 is 1.29 bits per heavy atom. The lowest BCUT2D eigenvalue weighted by Crippen LogP contribution is -2.42. The molecule has 8 heteroatoms. The fourth-order valence-electron chi connectivity index (χ4n) is 2.08. The second kappa shape index (κ2) is 5.67. The molecule has 0 saturated carbocycles. The number of rotatable bonds is 1. The Bertz CT molecular complexity index is 589. The molecule has 1 atom stereocenters. The number of nitrogens with one attached hydrogen (secondary N) is 1. The molecule has 1 aromatic carbocycles. The summed E-state index contributed by atoms with van der Waals surface area (Å²) < 4.78 is 38.7. The number of carbonyl (C=O) groups excluding carboxylic acids is 2. The molecule has 1 aliphatic heterocycles. The summed E-state index contributed by atoms with van der Waals surface area (Å²) in [7, 11) is 0. The molecule has 2 rings (SSSR count). The van der Waals surface area contributed by atoms with Crippen molar-refractivity contribution in [1.82, 2.24) is 5.32 Å². The number of amides is 2. The van der Waals surface area contributed by atoms with E-state index in [1.807, 2.05) is 0 Å². The number of halogens is 4. The second-order valence-electron chi connectivity index (χ2n) is 4.72. The van der Waals surface area contributed by atoms with Crippen LogP contribution in [-0.2, 0) is 15.8 Å². The first-order valence-corrected chi connectivity index (χ1v) is 6.96. The van der Waals surface area contributed by atoms with Gasteiger partial charge in [-0.1, -0.05) is 15.9 Å². The summed E-state index contributed by atoms with van der Waals surface area (Å²) in [5.74, 6) is -0.739. The Morgan fingerprint density at radius 3 is 2.57 bits per heavy atom. The fraction of sp³-hybridized carbons (Fsp3) is 0.385. The largest absolute Gasteiger partial charge is 0.416 e. The number of hydrogen-bond donors (Lipinski definition) is 1. The molecule has 0 spiro atoms. The van der Waals surface area contributed by atoms with E-state index in [0.717, 1.165) is 12.1 Å². The Kier molecular flexibility index (Phi) is 4.27. The van der Waals surface area contributed by atoms with Crippen molar-refractivity contribution in [2.45, 2.75) is 25.6 Å². The van der Waals surface area contributed by atoms with E-state index in [1.54, 1.807) is 0 Å². The zero-order chi connectivity index (χ0) is 15.8. The van der Waals surface area contributed by atoms with E-state index < -0.39 is 23.7 Å².